The molecule has 3 aromatic rings. The van der Waals surface area contributed by atoms with Crippen LogP contribution in [0.25, 0.3) is 0 Å². The van der Waals surface area contributed by atoms with Crippen molar-refractivity contribution in [3.8, 4) is 11.8 Å². The number of aliphatic hydroxyl groups is 1. The Hall–Kier alpha value is -4.19. The van der Waals surface area contributed by atoms with Gasteiger partial charge in [0.05, 0.1) is 19.1 Å². The minimum absolute atomic E-state index is 0.0118. The van der Waals surface area contributed by atoms with Crippen molar-refractivity contribution < 1.29 is 33.4 Å². The molecule has 3 heterocycles. The lowest BCUT2D eigenvalue weighted by Crippen LogP contribution is -2.33. The van der Waals surface area contributed by atoms with Gasteiger partial charge in [0.25, 0.3) is 5.56 Å². The number of esters is 1. The zero-order valence-corrected chi connectivity index (χ0v) is 24.7. The Bertz CT molecular complexity index is 1670. The highest BCUT2D eigenvalue weighted by Gasteiger charge is 2.38. The molecule has 15 nitrogen and oxygen atoms in total. The number of rotatable bonds is 11. The van der Waals surface area contributed by atoms with Gasteiger partial charge in [0, 0.05) is 56.9 Å². The van der Waals surface area contributed by atoms with Gasteiger partial charge in [0.1, 0.15) is 30.3 Å². The van der Waals surface area contributed by atoms with Crippen LogP contribution in [0.5, 0.6) is 0 Å². The van der Waals surface area contributed by atoms with Crippen LogP contribution >= 0.6 is 7.75 Å². The molecule has 16 heteroatoms. The summed E-state index contributed by atoms with van der Waals surface area (Å²) in [5, 5.41) is 16.5. The lowest BCUT2D eigenvalue weighted by molar-refractivity contribution is -0.144. The Morgan fingerprint density at radius 3 is 2.63 bits per heavy atom. The average Bonchev–Trinajstić information content (AvgIpc) is 3.59. The van der Waals surface area contributed by atoms with Crippen molar-refractivity contribution in [3.63, 3.8) is 0 Å². The quantitative estimate of drug-likeness (QED) is 0.118. The molecule has 2 aromatic heterocycles. The first-order chi connectivity index (χ1) is 20.5. The summed E-state index contributed by atoms with van der Waals surface area (Å²) in [6.07, 6.45) is 0.727. The second-order valence-corrected chi connectivity index (χ2v) is 11.3. The Morgan fingerprint density at radius 1 is 1.26 bits per heavy atom. The molecule has 1 saturated heterocycles. The van der Waals surface area contributed by atoms with Crippen LogP contribution in [0.2, 0.25) is 0 Å². The SMILES string of the molecule is CNc1cc(COC(=O)CCC#Cc2cn([C@H]3CC(O)[C@@H](COP(=O)(O)n4ccnc4C)O3)c(=O)[nH]c2=O)cc(NC)c1. The van der Waals surface area contributed by atoms with Crippen molar-refractivity contribution in [1.29, 1.82) is 0 Å². The maximum Gasteiger partial charge on any atom is 0.437 e. The predicted octanol–water partition coefficient (Wildman–Crippen LogP) is 1.31. The highest BCUT2D eigenvalue weighted by Crippen LogP contribution is 2.45. The smallest absolute Gasteiger partial charge is 0.437 e. The average molecular weight is 617 g/mol. The number of aromatic amines is 1. The summed E-state index contributed by atoms with van der Waals surface area (Å²) < 4.78 is 30.8. The van der Waals surface area contributed by atoms with E-state index in [-0.39, 0.29) is 37.3 Å². The number of nitrogens with zero attached hydrogens (tertiary/aromatic N) is 3. The van der Waals surface area contributed by atoms with Crippen molar-refractivity contribution in [2.75, 3.05) is 31.3 Å². The first-order valence-corrected chi connectivity index (χ1v) is 14.8. The Kier molecular flexibility index (Phi) is 10.2. The van der Waals surface area contributed by atoms with Crippen LogP contribution in [0.15, 0.2) is 46.4 Å². The van der Waals surface area contributed by atoms with Crippen LogP contribution < -0.4 is 21.9 Å². The van der Waals surface area contributed by atoms with Crippen molar-refractivity contribution >= 4 is 25.1 Å². The molecule has 1 aromatic carbocycles. The van der Waals surface area contributed by atoms with E-state index in [4.69, 9.17) is 14.0 Å². The van der Waals surface area contributed by atoms with Crippen LogP contribution in [0.3, 0.4) is 0 Å². The van der Waals surface area contributed by atoms with Gasteiger partial charge >= 0.3 is 19.4 Å². The summed E-state index contributed by atoms with van der Waals surface area (Å²) in [7, 11) is -0.706. The van der Waals surface area contributed by atoms with Crippen LogP contribution in [-0.4, -0.2) is 67.8 Å². The van der Waals surface area contributed by atoms with E-state index in [0.29, 0.717) is 0 Å². The summed E-state index contributed by atoms with van der Waals surface area (Å²) in [5.74, 6) is 5.19. The molecule has 0 spiro atoms. The molecule has 1 aliphatic heterocycles. The van der Waals surface area contributed by atoms with Gasteiger partial charge in [-0.15, -0.1) is 0 Å². The van der Waals surface area contributed by atoms with E-state index in [1.165, 1.54) is 25.5 Å². The molecule has 43 heavy (non-hydrogen) atoms. The third kappa shape index (κ3) is 8.01. The van der Waals surface area contributed by atoms with Gasteiger partial charge in [0.2, 0.25) is 0 Å². The molecule has 0 saturated carbocycles. The second-order valence-electron chi connectivity index (χ2n) is 9.63. The monoisotopic (exact) mass is 616 g/mol. The largest absolute Gasteiger partial charge is 0.461 e. The van der Waals surface area contributed by atoms with Gasteiger partial charge in [0.15, 0.2) is 0 Å². The molecule has 0 aliphatic carbocycles. The fraction of sp³-hybridized carbons (Fsp3) is 0.407. The number of imidazole rings is 1. The van der Waals surface area contributed by atoms with Crippen LogP contribution in [0, 0.1) is 18.8 Å². The number of aliphatic hydroxyl groups excluding tert-OH is 1. The van der Waals surface area contributed by atoms with Crippen LogP contribution in [0.1, 0.15) is 42.4 Å². The molecule has 2 unspecified atom stereocenters. The minimum atomic E-state index is -4.29. The molecule has 0 radical (unpaired) electrons. The summed E-state index contributed by atoms with van der Waals surface area (Å²) in [4.78, 5) is 53.3. The van der Waals surface area contributed by atoms with Gasteiger partial charge in [-0.05, 0) is 30.7 Å². The number of H-pyrrole nitrogens is 1. The molecule has 4 atom stereocenters. The molecule has 230 valence electrons. The number of carbonyl (C=O) groups excluding carboxylic acids is 1. The summed E-state index contributed by atoms with van der Waals surface area (Å²) in [6.45, 7) is 1.17. The van der Waals surface area contributed by atoms with E-state index in [2.05, 4.69) is 32.4 Å². The third-order valence-corrected chi connectivity index (χ3v) is 8.06. The van der Waals surface area contributed by atoms with E-state index >= 15 is 0 Å². The topological polar surface area (TPSA) is 199 Å². The number of hydrogen-bond donors (Lipinski definition) is 5. The molecule has 0 amide bonds. The van der Waals surface area contributed by atoms with Gasteiger partial charge in [-0.3, -0.25) is 23.7 Å². The number of aromatic nitrogens is 4. The molecule has 1 fully saturated rings. The fourth-order valence-electron chi connectivity index (χ4n) is 4.32. The molecule has 5 N–H and O–H groups in total. The normalized spacial score (nSPS) is 19.2. The molecule has 0 bridgehead atoms. The van der Waals surface area contributed by atoms with Crippen molar-refractivity contribution in [2.45, 2.75) is 51.2 Å². The number of benzene rings is 1. The molecule has 4 rings (SSSR count). The summed E-state index contributed by atoms with van der Waals surface area (Å²) in [5.41, 5.74) is 0.975. The van der Waals surface area contributed by atoms with E-state index in [0.717, 1.165) is 25.8 Å². The molecule has 1 aliphatic rings. The minimum Gasteiger partial charge on any atom is -0.461 e. The maximum absolute atomic E-state index is 12.5. The van der Waals surface area contributed by atoms with E-state index in [1.54, 1.807) is 14.1 Å². The first kappa shape index (κ1) is 31.7. The highest BCUT2D eigenvalue weighted by atomic mass is 31.2. The maximum atomic E-state index is 12.5. The van der Waals surface area contributed by atoms with Crippen LogP contribution in [0.4, 0.5) is 11.4 Å². The van der Waals surface area contributed by atoms with Crippen LogP contribution in [-0.2, 0) is 30.0 Å². The third-order valence-electron chi connectivity index (χ3n) is 6.61. The zero-order chi connectivity index (χ0) is 31.1. The number of ether oxygens (including phenoxy) is 2. The number of nitrogens with one attached hydrogen (secondary N) is 3. The van der Waals surface area contributed by atoms with E-state index in [1.807, 2.05) is 18.2 Å². The first-order valence-electron chi connectivity index (χ1n) is 13.3. The highest BCUT2D eigenvalue weighted by molar-refractivity contribution is 7.51. The number of anilines is 2. The standard InChI is InChI=1S/C27H33N6O9P/c1-17-30-8-9-33(17)43(38,39)41-16-23-22(34)13-24(42-23)32-14-19(26(36)31-27(32)37)6-4-5-7-25(35)40-15-18-10-20(28-2)12-21(11-18)29-3/h8-12,14,22-24,28-29,34H,5,7,13,15-16H2,1-3H3,(H,38,39)(H,31,36,37)/t22?,23-,24-/m1/s1. The van der Waals surface area contributed by atoms with Gasteiger partial charge in [-0.25, -0.2) is 18.7 Å². The number of hydrogen-bond acceptors (Lipinski definition) is 11. The fourth-order valence-corrected chi connectivity index (χ4v) is 5.43. The molecular weight excluding hydrogens is 583 g/mol. The lowest BCUT2D eigenvalue weighted by Gasteiger charge is -2.19. The Balaban J connectivity index is 1.33. The van der Waals surface area contributed by atoms with E-state index in [9.17, 15) is 28.9 Å². The van der Waals surface area contributed by atoms with Gasteiger partial charge in [-0.1, -0.05) is 11.8 Å². The zero-order valence-electron chi connectivity index (χ0n) is 23.8. The van der Waals surface area contributed by atoms with Gasteiger partial charge in [-0.2, -0.15) is 0 Å². The lowest BCUT2D eigenvalue weighted by atomic mass is 10.2. The van der Waals surface area contributed by atoms with E-state index < -0.39 is 50.0 Å². The second kappa shape index (κ2) is 13.9. The van der Waals surface area contributed by atoms with Crippen molar-refractivity contribution in [1.82, 2.24) is 18.9 Å². The Labute approximate surface area is 246 Å². The number of carbonyl (C=O) groups is 1. The van der Waals surface area contributed by atoms with Gasteiger partial charge < -0.3 is 30.1 Å². The molecular formula is C27H33N6O9P. The summed E-state index contributed by atoms with van der Waals surface area (Å²) >= 11 is 0. The van der Waals surface area contributed by atoms with Crippen molar-refractivity contribution in [3.05, 3.63) is 74.6 Å². The van der Waals surface area contributed by atoms with Crippen molar-refractivity contribution in [2.24, 2.45) is 0 Å². The Morgan fingerprint density at radius 2 is 1.98 bits per heavy atom. The summed E-state index contributed by atoms with van der Waals surface area (Å²) in [6, 6.07) is 5.65. The number of aryl methyl sites for hydroxylation is 1. The predicted molar refractivity (Wildman–Crippen MR) is 155 cm³/mol.